The summed E-state index contributed by atoms with van der Waals surface area (Å²) < 4.78 is 19.5. The topological polar surface area (TPSA) is 49.9 Å². The zero-order chi connectivity index (χ0) is 28.8. The van der Waals surface area contributed by atoms with Gasteiger partial charge < -0.3 is 9.64 Å². The molecule has 2 aliphatic heterocycles. The van der Waals surface area contributed by atoms with Crippen molar-refractivity contribution in [3.05, 3.63) is 86.6 Å². The second-order valence-electron chi connectivity index (χ2n) is 10.9. The Morgan fingerprint density at radius 3 is 2.27 bits per heavy atom. The summed E-state index contributed by atoms with van der Waals surface area (Å²) in [6, 6.07) is 13.4. The van der Waals surface area contributed by atoms with Gasteiger partial charge in [0.25, 0.3) is 0 Å². The molecule has 0 fully saturated rings. The Hall–Kier alpha value is -3.06. The smallest absolute Gasteiger partial charge is 0.410 e. The largest absolute Gasteiger partial charge is 0.444 e. The lowest BCUT2D eigenvalue weighted by molar-refractivity contribution is -0.118. The van der Waals surface area contributed by atoms with Crippen LogP contribution in [0, 0.1) is 5.82 Å². The van der Waals surface area contributed by atoms with Crippen LogP contribution < -0.4 is 4.90 Å². The molecule has 5 rings (SSSR count). The molecule has 0 spiro atoms. The van der Waals surface area contributed by atoms with Gasteiger partial charge in [-0.15, -0.1) is 0 Å². The number of hydrogen-bond donors (Lipinski definition) is 0. The van der Waals surface area contributed by atoms with Crippen LogP contribution >= 0.6 is 34.8 Å². The Balaban J connectivity index is 1.65. The summed E-state index contributed by atoms with van der Waals surface area (Å²) in [7, 11) is 0. The fourth-order valence-corrected chi connectivity index (χ4v) is 5.94. The minimum atomic E-state index is -0.584. The molecule has 0 unspecified atom stereocenters. The van der Waals surface area contributed by atoms with Gasteiger partial charge in [-0.25, -0.2) is 9.18 Å². The number of carbonyl (C=O) groups excluding carboxylic acids is 2. The van der Waals surface area contributed by atoms with E-state index in [1.54, 1.807) is 34.1 Å². The maximum absolute atomic E-state index is 14.0. The van der Waals surface area contributed by atoms with E-state index in [0.717, 1.165) is 22.3 Å². The number of carbonyl (C=O) groups is 2. The maximum atomic E-state index is 14.0. The van der Waals surface area contributed by atoms with Crippen LogP contribution in [0.25, 0.3) is 16.7 Å². The first-order chi connectivity index (χ1) is 18.9. The SMILES string of the molecule is CC(C)(C)OC(=O)N1CC=C(c2cc(-c3ccc(F)cc3Cl)c3c(c2)N(c2c(Cl)cccc2Cl)C(=O)CC3)CC1. The maximum Gasteiger partial charge on any atom is 0.410 e. The summed E-state index contributed by atoms with van der Waals surface area (Å²) in [4.78, 5) is 29.2. The Morgan fingerprint density at radius 1 is 0.925 bits per heavy atom. The number of para-hydroxylation sites is 1. The minimum Gasteiger partial charge on any atom is -0.444 e. The number of ether oxygens (including phenoxy) is 1. The normalized spacial score (nSPS) is 15.6. The van der Waals surface area contributed by atoms with E-state index in [2.05, 4.69) is 0 Å². The van der Waals surface area contributed by atoms with Crippen LogP contribution in [-0.4, -0.2) is 35.6 Å². The van der Waals surface area contributed by atoms with Gasteiger partial charge in [-0.3, -0.25) is 9.69 Å². The summed E-state index contributed by atoms with van der Waals surface area (Å²) in [6.07, 6.45) is 2.92. The lowest BCUT2D eigenvalue weighted by Crippen LogP contribution is -2.39. The number of halogens is 4. The first kappa shape index (κ1) is 28.5. The van der Waals surface area contributed by atoms with E-state index in [0.29, 0.717) is 52.9 Å². The molecule has 3 aromatic rings. The Bertz CT molecular complexity index is 1530. The van der Waals surface area contributed by atoms with Crippen molar-refractivity contribution in [1.29, 1.82) is 0 Å². The third-order valence-corrected chi connectivity index (χ3v) is 7.84. The highest BCUT2D eigenvalue weighted by atomic mass is 35.5. The van der Waals surface area contributed by atoms with Crippen molar-refractivity contribution in [3.8, 4) is 11.1 Å². The van der Waals surface area contributed by atoms with Crippen molar-refractivity contribution in [1.82, 2.24) is 4.90 Å². The van der Waals surface area contributed by atoms with Crippen LogP contribution in [0.15, 0.2) is 54.6 Å². The van der Waals surface area contributed by atoms with Crippen molar-refractivity contribution in [2.24, 2.45) is 0 Å². The van der Waals surface area contributed by atoms with E-state index in [1.165, 1.54) is 12.1 Å². The number of anilines is 2. The predicted molar refractivity (Wildman–Crippen MR) is 159 cm³/mol. The third-order valence-electron chi connectivity index (χ3n) is 6.92. The van der Waals surface area contributed by atoms with Gasteiger partial charge in [-0.05, 0) is 98.3 Å². The molecule has 40 heavy (non-hydrogen) atoms. The summed E-state index contributed by atoms with van der Waals surface area (Å²) in [5.74, 6) is -0.569. The van der Waals surface area contributed by atoms with E-state index >= 15 is 0 Å². The van der Waals surface area contributed by atoms with Crippen LogP contribution in [0.2, 0.25) is 15.1 Å². The van der Waals surface area contributed by atoms with Crippen molar-refractivity contribution >= 4 is 63.8 Å². The molecule has 5 nitrogen and oxygen atoms in total. The highest BCUT2D eigenvalue weighted by Crippen LogP contribution is 2.47. The standard InChI is InChI=1S/C31H28Cl3FN2O3/c1-31(2,3)40-30(39)36-13-11-18(12-14-36)19-15-23(21-8-7-20(35)17-26(21)34)22-9-10-28(38)37(27(22)16-19)29-24(32)5-4-6-25(29)33/h4-8,11,15-17H,9-10,12-14H2,1-3H3. The van der Waals surface area contributed by atoms with Crippen molar-refractivity contribution in [2.75, 3.05) is 18.0 Å². The van der Waals surface area contributed by atoms with Gasteiger partial charge in [-0.2, -0.15) is 0 Å². The zero-order valence-corrected chi connectivity index (χ0v) is 24.6. The quantitative estimate of drug-likeness (QED) is 0.301. The molecule has 0 aliphatic carbocycles. The van der Waals surface area contributed by atoms with E-state index in [-0.39, 0.29) is 23.4 Å². The van der Waals surface area contributed by atoms with Crippen LogP contribution in [0.1, 0.15) is 44.7 Å². The fourth-order valence-electron chi connectivity index (χ4n) is 5.10. The predicted octanol–water partition coefficient (Wildman–Crippen LogP) is 9.09. The molecular weight excluding hydrogens is 574 g/mol. The monoisotopic (exact) mass is 600 g/mol. The highest BCUT2D eigenvalue weighted by molar-refractivity contribution is 6.40. The van der Waals surface area contributed by atoms with Gasteiger partial charge in [0, 0.05) is 25.1 Å². The lowest BCUT2D eigenvalue weighted by atomic mass is 9.87. The third kappa shape index (κ3) is 5.71. The van der Waals surface area contributed by atoms with Crippen LogP contribution in [-0.2, 0) is 16.0 Å². The minimum absolute atomic E-state index is 0.135. The second kappa shape index (κ2) is 11.1. The van der Waals surface area contributed by atoms with Crippen LogP contribution in [0.3, 0.4) is 0 Å². The van der Waals surface area contributed by atoms with Gasteiger partial charge in [0.05, 0.1) is 26.4 Å². The number of benzene rings is 3. The number of nitrogens with zero attached hydrogens (tertiary/aromatic N) is 2. The molecule has 0 radical (unpaired) electrons. The average Bonchev–Trinajstić information content (AvgIpc) is 2.88. The molecule has 0 aromatic heterocycles. The Morgan fingerprint density at radius 2 is 1.65 bits per heavy atom. The molecule has 2 aliphatic rings. The molecule has 2 heterocycles. The van der Waals surface area contributed by atoms with Crippen molar-refractivity contribution in [3.63, 3.8) is 0 Å². The first-order valence-electron chi connectivity index (χ1n) is 13.0. The van der Waals surface area contributed by atoms with Gasteiger partial charge in [-0.1, -0.05) is 46.9 Å². The van der Waals surface area contributed by atoms with Crippen LogP contribution in [0.4, 0.5) is 20.6 Å². The Kier molecular flexibility index (Phi) is 7.88. The fraction of sp³-hybridized carbons (Fsp3) is 0.290. The molecule has 2 amide bonds. The number of rotatable bonds is 3. The average molecular weight is 602 g/mol. The summed E-state index contributed by atoms with van der Waals surface area (Å²) in [5, 5.41) is 0.975. The van der Waals surface area contributed by atoms with E-state index < -0.39 is 11.4 Å². The molecule has 9 heteroatoms. The molecule has 208 valence electrons. The van der Waals surface area contributed by atoms with Crippen molar-refractivity contribution < 1.29 is 18.7 Å². The molecule has 0 atom stereocenters. The van der Waals surface area contributed by atoms with Gasteiger partial charge in [0.15, 0.2) is 0 Å². The van der Waals surface area contributed by atoms with E-state index in [4.69, 9.17) is 39.5 Å². The molecule has 3 aromatic carbocycles. The Labute approximate surface area is 248 Å². The summed E-state index contributed by atoms with van der Waals surface area (Å²) >= 11 is 19.7. The van der Waals surface area contributed by atoms with Gasteiger partial charge in [0.1, 0.15) is 11.4 Å². The van der Waals surface area contributed by atoms with Crippen LogP contribution in [0.5, 0.6) is 0 Å². The van der Waals surface area contributed by atoms with Crippen molar-refractivity contribution in [2.45, 2.75) is 45.6 Å². The second-order valence-corrected chi connectivity index (χ2v) is 12.1. The van der Waals surface area contributed by atoms with Gasteiger partial charge >= 0.3 is 6.09 Å². The number of amides is 2. The lowest BCUT2D eigenvalue weighted by Gasteiger charge is -2.34. The molecule has 0 N–H and O–H groups in total. The van der Waals surface area contributed by atoms with E-state index in [1.807, 2.05) is 39.0 Å². The number of fused-ring (bicyclic) bond motifs is 1. The number of hydrogen-bond acceptors (Lipinski definition) is 3. The zero-order valence-electron chi connectivity index (χ0n) is 22.4. The summed E-state index contributed by atoms with van der Waals surface area (Å²) in [5.41, 5.74) is 4.69. The molecule has 0 saturated heterocycles. The molecular formula is C31H28Cl3FN2O3. The first-order valence-corrected chi connectivity index (χ1v) is 14.1. The van der Waals surface area contributed by atoms with Gasteiger partial charge in [0.2, 0.25) is 5.91 Å². The highest BCUT2D eigenvalue weighted by Gasteiger charge is 2.32. The van der Waals surface area contributed by atoms with E-state index in [9.17, 15) is 14.0 Å². The summed E-state index contributed by atoms with van der Waals surface area (Å²) in [6.45, 7) is 6.37. The molecule has 0 bridgehead atoms. The molecule has 0 saturated carbocycles.